The van der Waals surface area contributed by atoms with Crippen LogP contribution in [0.3, 0.4) is 0 Å². The fourth-order valence-electron chi connectivity index (χ4n) is 4.70. The van der Waals surface area contributed by atoms with Gasteiger partial charge in [0.2, 0.25) is 0 Å². The van der Waals surface area contributed by atoms with Crippen LogP contribution in [0.15, 0.2) is 30.5 Å². The number of amides is 1. The maximum Gasteiger partial charge on any atom is 0.252 e. The highest BCUT2D eigenvalue weighted by Gasteiger charge is 2.29. The number of hydrogen-bond donors (Lipinski definition) is 1. The van der Waals surface area contributed by atoms with Crippen LogP contribution < -0.4 is 5.32 Å². The summed E-state index contributed by atoms with van der Waals surface area (Å²) in [4.78, 5) is 22.5. The van der Waals surface area contributed by atoms with Crippen molar-refractivity contribution in [3.05, 3.63) is 47.4 Å². The first-order chi connectivity index (χ1) is 14.7. The molecule has 2 saturated carbocycles. The topological polar surface area (TPSA) is 72.7 Å². The van der Waals surface area contributed by atoms with Gasteiger partial charge in [-0.25, -0.2) is 9.97 Å². The number of rotatable bonds is 7. The summed E-state index contributed by atoms with van der Waals surface area (Å²) in [6, 6.07) is 7.73. The number of carbonyl (C=O) groups is 1. The predicted octanol–water partition coefficient (Wildman–Crippen LogP) is 4.70. The SMILES string of the molecule is Cc1nn(-c2ccccn2)c2nc(C3CC3)cc(C(=O)NCCCC3CCCC3)c12. The van der Waals surface area contributed by atoms with Gasteiger partial charge in [0.05, 0.1) is 16.6 Å². The molecule has 3 aromatic heterocycles. The van der Waals surface area contributed by atoms with Crippen LogP contribution in [0, 0.1) is 12.8 Å². The van der Waals surface area contributed by atoms with E-state index in [0.717, 1.165) is 60.0 Å². The summed E-state index contributed by atoms with van der Waals surface area (Å²) in [7, 11) is 0. The molecular weight excluding hydrogens is 374 g/mol. The van der Waals surface area contributed by atoms with Crippen molar-refractivity contribution in [1.29, 1.82) is 0 Å². The Balaban J connectivity index is 1.43. The molecule has 0 atom stereocenters. The molecule has 3 heterocycles. The lowest BCUT2D eigenvalue weighted by atomic mass is 10.0. The van der Waals surface area contributed by atoms with Gasteiger partial charge in [-0.05, 0) is 56.7 Å². The highest BCUT2D eigenvalue weighted by atomic mass is 16.1. The third-order valence-corrected chi connectivity index (χ3v) is 6.49. The zero-order valence-corrected chi connectivity index (χ0v) is 17.6. The molecule has 5 rings (SSSR count). The second kappa shape index (κ2) is 8.17. The lowest BCUT2D eigenvalue weighted by Gasteiger charge is -2.11. The molecule has 0 aliphatic heterocycles. The summed E-state index contributed by atoms with van der Waals surface area (Å²) in [5.74, 6) is 2.02. The first-order valence-electron chi connectivity index (χ1n) is 11.3. The van der Waals surface area contributed by atoms with Gasteiger partial charge in [0.15, 0.2) is 11.5 Å². The molecule has 0 spiro atoms. The Bertz CT molecular complexity index is 1050. The molecule has 3 aromatic rings. The maximum absolute atomic E-state index is 13.2. The highest BCUT2D eigenvalue weighted by Crippen LogP contribution is 2.40. The fourth-order valence-corrected chi connectivity index (χ4v) is 4.70. The van der Waals surface area contributed by atoms with Crippen LogP contribution >= 0.6 is 0 Å². The van der Waals surface area contributed by atoms with Crippen molar-refractivity contribution in [1.82, 2.24) is 25.1 Å². The summed E-state index contributed by atoms with van der Waals surface area (Å²) < 4.78 is 1.77. The Morgan fingerprint density at radius 2 is 2.03 bits per heavy atom. The molecule has 0 aromatic carbocycles. The van der Waals surface area contributed by atoms with Gasteiger partial charge in [0.1, 0.15) is 0 Å². The van der Waals surface area contributed by atoms with Crippen molar-refractivity contribution in [2.24, 2.45) is 5.92 Å². The van der Waals surface area contributed by atoms with Crippen LogP contribution in [0.5, 0.6) is 0 Å². The number of aryl methyl sites for hydroxylation is 1. The molecule has 6 nitrogen and oxygen atoms in total. The van der Waals surface area contributed by atoms with Gasteiger partial charge < -0.3 is 5.32 Å². The second-order valence-electron chi connectivity index (χ2n) is 8.80. The molecule has 2 fully saturated rings. The average Bonchev–Trinajstić information content (AvgIpc) is 3.40. The smallest absolute Gasteiger partial charge is 0.252 e. The number of nitrogens with one attached hydrogen (secondary N) is 1. The number of pyridine rings is 2. The number of fused-ring (bicyclic) bond motifs is 1. The van der Waals surface area contributed by atoms with E-state index in [-0.39, 0.29) is 5.91 Å². The summed E-state index contributed by atoms with van der Waals surface area (Å²) in [6.45, 7) is 2.67. The zero-order chi connectivity index (χ0) is 20.5. The van der Waals surface area contributed by atoms with Crippen LogP contribution in [0.25, 0.3) is 16.9 Å². The minimum atomic E-state index is -0.0145. The van der Waals surface area contributed by atoms with Crippen LogP contribution in [0.2, 0.25) is 0 Å². The second-order valence-corrected chi connectivity index (χ2v) is 8.80. The van der Waals surface area contributed by atoms with Crippen molar-refractivity contribution in [3.8, 4) is 5.82 Å². The molecular formula is C24H29N5O. The van der Waals surface area contributed by atoms with E-state index in [1.807, 2.05) is 31.2 Å². The van der Waals surface area contributed by atoms with E-state index < -0.39 is 0 Å². The highest BCUT2D eigenvalue weighted by molar-refractivity contribution is 6.06. The summed E-state index contributed by atoms with van der Waals surface area (Å²) >= 11 is 0. The molecule has 2 aliphatic rings. The van der Waals surface area contributed by atoms with E-state index in [4.69, 9.17) is 4.98 Å². The lowest BCUT2D eigenvalue weighted by molar-refractivity contribution is 0.0954. The van der Waals surface area contributed by atoms with Crippen LogP contribution in [0.1, 0.15) is 79.0 Å². The first-order valence-corrected chi connectivity index (χ1v) is 11.3. The standard InChI is InChI=1S/C24H29N5O/c1-16-22-19(24(30)26-14-6-9-17-7-2-3-8-17)15-20(18-11-12-18)27-23(22)29(28-16)21-10-4-5-13-25-21/h4-5,10,13,15,17-18H,2-3,6-9,11-12,14H2,1H3,(H,26,30). The third-order valence-electron chi connectivity index (χ3n) is 6.49. The number of aromatic nitrogens is 4. The molecule has 2 aliphatic carbocycles. The van der Waals surface area contributed by atoms with Crippen molar-refractivity contribution in [2.45, 2.75) is 64.2 Å². The molecule has 0 saturated heterocycles. The van der Waals surface area contributed by atoms with E-state index in [9.17, 15) is 4.79 Å². The summed E-state index contributed by atoms with van der Waals surface area (Å²) in [5, 5.41) is 8.67. The van der Waals surface area contributed by atoms with Crippen LogP contribution in [0.4, 0.5) is 0 Å². The van der Waals surface area contributed by atoms with Gasteiger partial charge >= 0.3 is 0 Å². The average molecular weight is 404 g/mol. The van der Waals surface area contributed by atoms with Gasteiger partial charge in [-0.3, -0.25) is 4.79 Å². The summed E-state index contributed by atoms with van der Waals surface area (Å²) in [5.41, 5.74) is 3.23. The van der Waals surface area contributed by atoms with E-state index in [1.54, 1.807) is 10.9 Å². The molecule has 1 amide bonds. The van der Waals surface area contributed by atoms with Crippen LogP contribution in [-0.2, 0) is 0 Å². The Morgan fingerprint density at radius 3 is 2.77 bits per heavy atom. The van der Waals surface area contributed by atoms with E-state index in [2.05, 4.69) is 15.4 Å². The lowest BCUT2D eigenvalue weighted by Crippen LogP contribution is -2.25. The van der Waals surface area contributed by atoms with Crippen molar-refractivity contribution >= 4 is 16.9 Å². The third kappa shape index (κ3) is 3.83. The van der Waals surface area contributed by atoms with Gasteiger partial charge in [-0.1, -0.05) is 31.7 Å². The van der Waals surface area contributed by atoms with Crippen LogP contribution in [-0.4, -0.2) is 32.2 Å². The van der Waals surface area contributed by atoms with Gasteiger partial charge in [-0.2, -0.15) is 9.78 Å². The van der Waals surface area contributed by atoms with Gasteiger partial charge in [-0.15, -0.1) is 0 Å². The fraction of sp³-hybridized carbons (Fsp3) is 0.500. The molecule has 0 unspecified atom stereocenters. The molecule has 0 bridgehead atoms. The minimum Gasteiger partial charge on any atom is -0.352 e. The Hall–Kier alpha value is -2.76. The largest absolute Gasteiger partial charge is 0.352 e. The first kappa shape index (κ1) is 19.2. The van der Waals surface area contributed by atoms with Gasteiger partial charge in [0.25, 0.3) is 5.91 Å². The molecule has 30 heavy (non-hydrogen) atoms. The number of hydrogen-bond acceptors (Lipinski definition) is 4. The Labute approximate surface area is 177 Å². The van der Waals surface area contributed by atoms with E-state index >= 15 is 0 Å². The zero-order valence-electron chi connectivity index (χ0n) is 17.6. The van der Waals surface area contributed by atoms with Crippen molar-refractivity contribution in [3.63, 3.8) is 0 Å². The van der Waals surface area contributed by atoms with Crippen molar-refractivity contribution < 1.29 is 4.79 Å². The number of carbonyl (C=O) groups excluding carboxylic acids is 1. The minimum absolute atomic E-state index is 0.0145. The Morgan fingerprint density at radius 1 is 1.20 bits per heavy atom. The molecule has 0 radical (unpaired) electrons. The van der Waals surface area contributed by atoms with Gasteiger partial charge in [0, 0.05) is 24.4 Å². The molecule has 156 valence electrons. The molecule has 6 heteroatoms. The van der Waals surface area contributed by atoms with E-state index in [1.165, 1.54) is 32.1 Å². The summed E-state index contributed by atoms with van der Waals surface area (Å²) in [6.07, 6.45) is 11.7. The predicted molar refractivity (Wildman–Crippen MR) is 117 cm³/mol. The van der Waals surface area contributed by atoms with E-state index in [0.29, 0.717) is 11.5 Å². The quantitative estimate of drug-likeness (QED) is 0.580. The normalized spacial score (nSPS) is 17.0. The number of nitrogens with zero attached hydrogens (tertiary/aromatic N) is 4. The monoisotopic (exact) mass is 403 g/mol. The van der Waals surface area contributed by atoms with Crippen molar-refractivity contribution in [2.75, 3.05) is 6.54 Å². The maximum atomic E-state index is 13.2. The molecule has 1 N–H and O–H groups in total. The Kier molecular flexibility index (Phi) is 5.23.